The second-order valence-corrected chi connectivity index (χ2v) is 6.03. The number of anilines is 1. The normalized spacial score (nSPS) is 12.2. The third-order valence-electron chi connectivity index (χ3n) is 4.02. The number of para-hydroxylation sites is 1. The van der Waals surface area contributed by atoms with Crippen LogP contribution in [0.25, 0.3) is 0 Å². The molecule has 0 aromatic heterocycles. The summed E-state index contributed by atoms with van der Waals surface area (Å²) < 4.78 is 5.99. The second-order valence-electron chi connectivity index (χ2n) is 6.03. The van der Waals surface area contributed by atoms with Gasteiger partial charge in [0.1, 0.15) is 6.10 Å². The predicted molar refractivity (Wildman–Crippen MR) is 99.7 cm³/mol. The van der Waals surface area contributed by atoms with Crippen LogP contribution in [-0.2, 0) is 4.74 Å². The second kappa shape index (κ2) is 8.65. The third-order valence-corrected chi connectivity index (χ3v) is 4.02. The molecule has 0 radical (unpaired) electrons. The van der Waals surface area contributed by atoms with Crippen LogP contribution in [0.4, 0.5) is 5.69 Å². The molecule has 0 amide bonds. The van der Waals surface area contributed by atoms with E-state index in [1.54, 1.807) is 0 Å². The maximum atomic E-state index is 13.3. The van der Waals surface area contributed by atoms with Crippen LogP contribution in [0, 0.1) is 0 Å². The molecular formula is C21H27NO2. The van der Waals surface area contributed by atoms with Gasteiger partial charge in [0.05, 0.1) is 6.10 Å². The van der Waals surface area contributed by atoms with Gasteiger partial charge in [-0.15, -0.1) is 0 Å². The summed E-state index contributed by atoms with van der Waals surface area (Å²) in [4.78, 5) is 15.5. The van der Waals surface area contributed by atoms with Gasteiger partial charge in [0.15, 0.2) is 5.78 Å². The Balaban J connectivity index is 2.44. The molecule has 2 aromatic carbocycles. The van der Waals surface area contributed by atoms with E-state index < -0.39 is 6.10 Å². The molecule has 0 bridgehead atoms. The monoisotopic (exact) mass is 325 g/mol. The Morgan fingerprint density at radius 1 is 0.958 bits per heavy atom. The van der Waals surface area contributed by atoms with Crippen molar-refractivity contribution in [2.75, 3.05) is 18.0 Å². The number of carbonyl (C=O) groups excluding carboxylic acids is 1. The van der Waals surface area contributed by atoms with Gasteiger partial charge in [-0.1, -0.05) is 42.5 Å². The van der Waals surface area contributed by atoms with E-state index >= 15 is 0 Å². The largest absolute Gasteiger partial charge is 0.372 e. The molecule has 2 rings (SSSR count). The smallest absolute Gasteiger partial charge is 0.198 e. The number of Topliss-reactive ketones (excluding diaryl/α,β-unsaturated/α-hetero) is 1. The zero-order valence-corrected chi connectivity index (χ0v) is 15.0. The van der Waals surface area contributed by atoms with E-state index in [0.29, 0.717) is 0 Å². The minimum atomic E-state index is -0.581. The van der Waals surface area contributed by atoms with E-state index in [1.165, 1.54) is 0 Å². The number of rotatable bonds is 8. The lowest BCUT2D eigenvalue weighted by Gasteiger charge is -2.26. The molecule has 128 valence electrons. The first-order valence-corrected chi connectivity index (χ1v) is 8.67. The van der Waals surface area contributed by atoms with Crippen LogP contribution in [0.2, 0.25) is 0 Å². The number of hydrogen-bond acceptors (Lipinski definition) is 3. The van der Waals surface area contributed by atoms with E-state index in [9.17, 15) is 4.79 Å². The Hall–Kier alpha value is -2.13. The van der Waals surface area contributed by atoms with Crippen molar-refractivity contribution in [3.05, 3.63) is 65.7 Å². The highest BCUT2D eigenvalue weighted by Crippen LogP contribution is 2.29. The molecule has 0 aliphatic heterocycles. The van der Waals surface area contributed by atoms with Gasteiger partial charge in [0, 0.05) is 24.3 Å². The first kappa shape index (κ1) is 18.2. The summed E-state index contributed by atoms with van der Waals surface area (Å²) in [5.74, 6) is 0.0115. The number of ketones is 1. The molecule has 3 heteroatoms. The van der Waals surface area contributed by atoms with Gasteiger partial charge in [-0.25, -0.2) is 0 Å². The molecule has 1 atom stereocenters. The van der Waals surface area contributed by atoms with E-state index in [2.05, 4.69) is 18.7 Å². The third kappa shape index (κ3) is 4.24. The Kier molecular flexibility index (Phi) is 6.56. The first-order valence-electron chi connectivity index (χ1n) is 8.67. The molecule has 0 saturated carbocycles. The molecule has 0 aliphatic carbocycles. The van der Waals surface area contributed by atoms with E-state index in [4.69, 9.17) is 4.74 Å². The van der Waals surface area contributed by atoms with Gasteiger partial charge in [-0.2, -0.15) is 0 Å². The van der Waals surface area contributed by atoms with E-state index in [0.717, 1.165) is 29.9 Å². The fourth-order valence-corrected chi connectivity index (χ4v) is 2.86. The minimum Gasteiger partial charge on any atom is -0.372 e. The van der Waals surface area contributed by atoms with Crippen molar-refractivity contribution < 1.29 is 9.53 Å². The molecule has 0 fully saturated rings. The molecule has 0 heterocycles. The molecule has 0 saturated heterocycles. The van der Waals surface area contributed by atoms with Gasteiger partial charge in [0.2, 0.25) is 0 Å². The fraction of sp³-hybridized carbons (Fsp3) is 0.381. The molecule has 0 aliphatic rings. The summed E-state index contributed by atoms with van der Waals surface area (Å²) in [5, 5.41) is 0. The lowest BCUT2D eigenvalue weighted by atomic mass is 9.97. The van der Waals surface area contributed by atoms with Crippen LogP contribution in [-0.4, -0.2) is 25.0 Å². The summed E-state index contributed by atoms with van der Waals surface area (Å²) in [7, 11) is 0. The topological polar surface area (TPSA) is 29.5 Å². The molecule has 3 nitrogen and oxygen atoms in total. The van der Waals surface area contributed by atoms with Gasteiger partial charge in [-0.05, 0) is 45.4 Å². The van der Waals surface area contributed by atoms with Crippen molar-refractivity contribution in [3.8, 4) is 0 Å². The first-order chi connectivity index (χ1) is 11.6. The van der Waals surface area contributed by atoms with Crippen LogP contribution >= 0.6 is 0 Å². The van der Waals surface area contributed by atoms with E-state index in [-0.39, 0.29) is 11.9 Å². The van der Waals surface area contributed by atoms with Gasteiger partial charge in [-0.3, -0.25) is 4.79 Å². The summed E-state index contributed by atoms with van der Waals surface area (Å²) in [5.41, 5.74) is 2.59. The van der Waals surface area contributed by atoms with Crippen LogP contribution in [0.15, 0.2) is 54.6 Å². The van der Waals surface area contributed by atoms with Gasteiger partial charge < -0.3 is 9.64 Å². The molecule has 24 heavy (non-hydrogen) atoms. The maximum absolute atomic E-state index is 13.3. The standard InChI is InChI=1S/C21H27NO2/c1-5-22(6-2)19-15-11-10-14-18(19)20(23)21(24-16(3)4)17-12-8-7-9-13-17/h7-16,21H,5-6H2,1-4H3. The Labute approximate surface area is 145 Å². The van der Waals surface area contributed by atoms with Crippen LogP contribution in [0.1, 0.15) is 49.7 Å². The van der Waals surface area contributed by atoms with Crippen molar-refractivity contribution in [1.82, 2.24) is 0 Å². The number of nitrogens with zero attached hydrogens (tertiary/aromatic N) is 1. The SMILES string of the molecule is CCN(CC)c1ccccc1C(=O)C(OC(C)C)c1ccccc1. The van der Waals surface area contributed by atoms with Crippen molar-refractivity contribution in [3.63, 3.8) is 0 Å². The lowest BCUT2D eigenvalue weighted by Crippen LogP contribution is -2.26. The molecule has 0 N–H and O–H groups in total. The minimum absolute atomic E-state index is 0.0115. The highest BCUT2D eigenvalue weighted by molar-refractivity contribution is 6.04. The highest BCUT2D eigenvalue weighted by Gasteiger charge is 2.26. The van der Waals surface area contributed by atoms with Crippen molar-refractivity contribution in [1.29, 1.82) is 0 Å². The van der Waals surface area contributed by atoms with Gasteiger partial charge >= 0.3 is 0 Å². The average Bonchev–Trinajstić information content (AvgIpc) is 2.61. The maximum Gasteiger partial charge on any atom is 0.198 e. The lowest BCUT2D eigenvalue weighted by molar-refractivity contribution is 0.0114. The zero-order chi connectivity index (χ0) is 17.5. The summed E-state index contributed by atoms with van der Waals surface area (Å²) in [6.45, 7) is 9.84. The number of carbonyl (C=O) groups is 1. The summed E-state index contributed by atoms with van der Waals surface area (Å²) >= 11 is 0. The fourth-order valence-electron chi connectivity index (χ4n) is 2.86. The molecule has 0 spiro atoms. The quantitative estimate of drug-likeness (QED) is 0.648. The average molecular weight is 325 g/mol. The zero-order valence-electron chi connectivity index (χ0n) is 15.0. The highest BCUT2D eigenvalue weighted by atomic mass is 16.5. The van der Waals surface area contributed by atoms with Crippen LogP contribution in [0.3, 0.4) is 0 Å². The van der Waals surface area contributed by atoms with Crippen LogP contribution < -0.4 is 4.90 Å². The Bertz CT molecular complexity index is 648. The van der Waals surface area contributed by atoms with Crippen molar-refractivity contribution >= 4 is 11.5 Å². The molecule has 2 aromatic rings. The van der Waals surface area contributed by atoms with Gasteiger partial charge in [0.25, 0.3) is 0 Å². The summed E-state index contributed by atoms with van der Waals surface area (Å²) in [6.07, 6.45) is -0.609. The number of ether oxygens (including phenoxy) is 1. The Morgan fingerprint density at radius 2 is 1.54 bits per heavy atom. The molecular weight excluding hydrogens is 298 g/mol. The number of benzene rings is 2. The number of hydrogen-bond donors (Lipinski definition) is 0. The van der Waals surface area contributed by atoms with Crippen LogP contribution in [0.5, 0.6) is 0 Å². The molecule has 1 unspecified atom stereocenters. The Morgan fingerprint density at radius 3 is 2.12 bits per heavy atom. The van der Waals surface area contributed by atoms with Crippen molar-refractivity contribution in [2.45, 2.75) is 39.9 Å². The predicted octanol–water partition coefficient (Wildman–Crippen LogP) is 4.88. The van der Waals surface area contributed by atoms with Crippen molar-refractivity contribution in [2.24, 2.45) is 0 Å². The summed E-state index contributed by atoms with van der Waals surface area (Å²) in [6, 6.07) is 17.5. The van der Waals surface area contributed by atoms with E-state index in [1.807, 2.05) is 68.4 Å².